The fourth-order valence-electron chi connectivity index (χ4n) is 2.72. The van der Waals surface area contributed by atoms with Crippen LogP contribution in [0.1, 0.15) is 5.69 Å². The molecule has 8 heteroatoms. The molecule has 4 rings (SSSR count). The Morgan fingerprint density at radius 1 is 0.929 bits per heavy atom. The summed E-state index contributed by atoms with van der Waals surface area (Å²) in [6.07, 6.45) is 0. The third kappa shape index (κ3) is 3.84. The van der Waals surface area contributed by atoms with E-state index < -0.39 is 9.84 Å². The van der Waals surface area contributed by atoms with Gasteiger partial charge in [-0.25, -0.2) is 18.4 Å². The van der Waals surface area contributed by atoms with Crippen LogP contribution in [0.2, 0.25) is 0 Å². The molecule has 28 heavy (non-hydrogen) atoms. The van der Waals surface area contributed by atoms with Crippen molar-refractivity contribution in [3.8, 4) is 27.6 Å². The average molecular weight is 429 g/mol. The van der Waals surface area contributed by atoms with Gasteiger partial charge in [0.25, 0.3) is 0 Å². The van der Waals surface area contributed by atoms with Crippen LogP contribution < -0.4 is 4.74 Å². The number of benzene rings is 2. The number of aromatic nitrogens is 2. The summed E-state index contributed by atoms with van der Waals surface area (Å²) in [6.45, 7) is 0. The van der Waals surface area contributed by atoms with E-state index in [4.69, 9.17) is 4.74 Å². The van der Waals surface area contributed by atoms with Gasteiger partial charge in [-0.1, -0.05) is 42.5 Å². The molecular weight excluding hydrogens is 412 g/mol. The summed E-state index contributed by atoms with van der Waals surface area (Å²) in [4.78, 5) is 8.83. The first-order valence-electron chi connectivity index (χ1n) is 8.38. The van der Waals surface area contributed by atoms with E-state index in [2.05, 4.69) is 9.97 Å². The lowest BCUT2D eigenvalue weighted by molar-refractivity contribution is 0.416. The SMILES string of the molecule is COc1ccccc1-c1nc(CS(=O)(=O)c2nc(-c3ccccc3)cs2)cs1. The minimum Gasteiger partial charge on any atom is -0.496 e. The second kappa shape index (κ2) is 7.83. The Bertz CT molecular complexity index is 1200. The third-order valence-electron chi connectivity index (χ3n) is 4.05. The van der Waals surface area contributed by atoms with E-state index in [-0.39, 0.29) is 10.1 Å². The van der Waals surface area contributed by atoms with Gasteiger partial charge in [-0.15, -0.1) is 22.7 Å². The lowest BCUT2D eigenvalue weighted by Gasteiger charge is -2.04. The summed E-state index contributed by atoms with van der Waals surface area (Å²) in [6, 6.07) is 17.1. The van der Waals surface area contributed by atoms with Crippen molar-refractivity contribution in [1.82, 2.24) is 9.97 Å². The highest BCUT2D eigenvalue weighted by atomic mass is 32.2. The van der Waals surface area contributed by atoms with E-state index in [0.29, 0.717) is 17.1 Å². The first-order chi connectivity index (χ1) is 13.6. The van der Waals surface area contributed by atoms with Gasteiger partial charge in [0.05, 0.1) is 24.1 Å². The molecule has 0 aliphatic carbocycles. The Hall–Kier alpha value is -2.55. The van der Waals surface area contributed by atoms with Crippen molar-refractivity contribution in [3.05, 3.63) is 71.1 Å². The predicted octanol–water partition coefficient (Wildman–Crippen LogP) is 4.92. The van der Waals surface area contributed by atoms with Crippen molar-refractivity contribution in [1.29, 1.82) is 0 Å². The zero-order chi connectivity index (χ0) is 19.6. The molecule has 0 bridgehead atoms. The molecule has 0 spiro atoms. The lowest BCUT2D eigenvalue weighted by atomic mass is 10.2. The van der Waals surface area contributed by atoms with Crippen molar-refractivity contribution in [2.75, 3.05) is 7.11 Å². The zero-order valence-electron chi connectivity index (χ0n) is 14.9. The molecule has 2 heterocycles. The van der Waals surface area contributed by atoms with E-state index in [1.807, 2.05) is 54.6 Å². The quantitative estimate of drug-likeness (QED) is 0.436. The standard InChI is InChI=1S/C20H16N2O3S3/c1-25-18-10-6-5-9-16(18)19-21-15(11-26-19)13-28(23,24)20-22-17(12-27-20)14-7-3-2-4-8-14/h2-12H,13H2,1H3. The normalized spacial score (nSPS) is 11.5. The van der Waals surface area contributed by atoms with Crippen molar-refractivity contribution in [2.45, 2.75) is 10.1 Å². The maximum atomic E-state index is 12.8. The molecule has 5 nitrogen and oxygen atoms in total. The number of hydrogen-bond donors (Lipinski definition) is 0. The summed E-state index contributed by atoms with van der Waals surface area (Å²) >= 11 is 2.53. The highest BCUT2D eigenvalue weighted by molar-refractivity contribution is 7.92. The van der Waals surface area contributed by atoms with Crippen molar-refractivity contribution < 1.29 is 13.2 Å². The fourth-order valence-corrected chi connectivity index (χ4v) is 6.03. The number of nitrogens with zero attached hydrogens (tertiary/aromatic N) is 2. The monoisotopic (exact) mass is 428 g/mol. The predicted molar refractivity (Wildman–Crippen MR) is 113 cm³/mol. The van der Waals surface area contributed by atoms with Gasteiger partial charge >= 0.3 is 0 Å². The van der Waals surface area contributed by atoms with Gasteiger partial charge in [0.2, 0.25) is 14.2 Å². The third-order valence-corrected chi connectivity index (χ3v) is 7.95. The zero-order valence-corrected chi connectivity index (χ0v) is 17.4. The Balaban J connectivity index is 1.58. The summed E-state index contributed by atoms with van der Waals surface area (Å²) in [5.41, 5.74) is 2.91. The van der Waals surface area contributed by atoms with Crippen LogP contribution in [0.5, 0.6) is 5.75 Å². The molecule has 0 aliphatic rings. The molecule has 2 aromatic heterocycles. The van der Waals surface area contributed by atoms with Gasteiger partial charge in [0.15, 0.2) is 0 Å². The van der Waals surface area contributed by atoms with Crippen molar-refractivity contribution >= 4 is 32.5 Å². The van der Waals surface area contributed by atoms with Gasteiger partial charge in [-0.3, -0.25) is 0 Å². The molecular formula is C20H16N2O3S3. The minimum absolute atomic E-state index is 0.109. The van der Waals surface area contributed by atoms with Crippen LogP contribution in [-0.2, 0) is 15.6 Å². The molecule has 0 radical (unpaired) electrons. The summed E-state index contributed by atoms with van der Waals surface area (Å²) in [5, 5.41) is 4.26. The van der Waals surface area contributed by atoms with Crippen LogP contribution in [0.15, 0.2) is 69.7 Å². The fraction of sp³-hybridized carbons (Fsp3) is 0.100. The number of para-hydroxylation sites is 1. The number of sulfone groups is 1. The smallest absolute Gasteiger partial charge is 0.211 e. The summed E-state index contributed by atoms with van der Waals surface area (Å²) < 4.78 is 31.1. The Morgan fingerprint density at radius 3 is 2.46 bits per heavy atom. The van der Waals surface area contributed by atoms with Crippen LogP contribution in [0.25, 0.3) is 21.8 Å². The maximum Gasteiger partial charge on any atom is 0.211 e. The highest BCUT2D eigenvalue weighted by Gasteiger charge is 2.22. The first kappa shape index (κ1) is 18.8. The molecule has 0 aliphatic heterocycles. The largest absolute Gasteiger partial charge is 0.496 e. The molecule has 2 aromatic carbocycles. The molecule has 4 aromatic rings. The molecule has 0 saturated carbocycles. The number of methoxy groups -OCH3 is 1. The highest BCUT2D eigenvalue weighted by Crippen LogP contribution is 2.33. The van der Waals surface area contributed by atoms with Crippen LogP contribution in [0, 0.1) is 0 Å². The maximum absolute atomic E-state index is 12.8. The Morgan fingerprint density at radius 2 is 1.68 bits per heavy atom. The molecule has 0 N–H and O–H groups in total. The molecule has 0 fully saturated rings. The van der Waals surface area contributed by atoms with E-state index in [1.54, 1.807) is 17.9 Å². The van der Waals surface area contributed by atoms with Crippen LogP contribution in [0.3, 0.4) is 0 Å². The summed E-state index contributed by atoms with van der Waals surface area (Å²) in [5.74, 6) is 0.527. The van der Waals surface area contributed by atoms with Crippen LogP contribution in [-0.4, -0.2) is 25.5 Å². The minimum atomic E-state index is -3.56. The van der Waals surface area contributed by atoms with E-state index in [9.17, 15) is 8.42 Å². The summed E-state index contributed by atoms with van der Waals surface area (Å²) in [7, 11) is -1.96. The van der Waals surface area contributed by atoms with E-state index in [0.717, 1.165) is 27.5 Å². The van der Waals surface area contributed by atoms with Gasteiger partial charge in [0.1, 0.15) is 16.5 Å². The average Bonchev–Trinajstić information content (AvgIpc) is 3.38. The van der Waals surface area contributed by atoms with Crippen molar-refractivity contribution in [2.24, 2.45) is 0 Å². The van der Waals surface area contributed by atoms with Gasteiger partial charge in [0, 0.05) is 16.3 Å². The van der Waals surface area contributed by atoms with Crippen LogP contribution >= 0.6 is 22.7 Å². The lowest BCUT2D eigenvalue weighted by Crippen LogP contribution is -2.05. The van der Waals surface area contributed by atoms with Crippen molar-refractivity contribution in [3.63, 3.8) is 0 Å². The van der Waals surface area contributed by atoms with Gasteiger partial charge in [-0.05, 0) is 12.1 Å². The number of rotatable bonds is 6. The van der Waals surface area contributed by atoms with E-state index >= 15 is 0 Å². The Labute approximate surface area is 171 Å². The topological polar surface area (TPSA) is 69.2 Å². The van der Waals surface area contributed by atoms with Gasteiger partial charge < -0.3 is 4.74 Å². The molecule has 0 atom stereocenters. The molecule has 0 saturated heterocycles. The number of ether oxygens (including phenoxy) is 1. The van der Waals surface area contributed by atoms with E-state index in [1.165, 1.54) is 11.3 Å². The number of hydrogen-bond acceptors (Lipinski definition) is 7. The first-order valence-corrected chi connectivity index (χ1v) is 11.8. The Kier molecular flexibility index (Phi) is 5.25. The number of thiazole rings is 2. The van der Waals surface area contributed by atoms with Crippen LogP contribution in [0.4, 0.5) is 0 Å². The second-order valence-electron chi connectivity index (χ2n) is 5.97. The molecule has 0 amide bonds. The second-order valence-corrected chi connectivity index (χ2v) is 9.85. The molecule has 0 unspecified atom stereocenters. The van der Waals surface area contributed by atoms with Gasteiger partial charge in [-0.2, -0.15) is 0 Å². The molecule has 142 valence electrons.